The first kappa shape index (κ1) is 18.1. The van der Waals surface area contributed by atoms with Crippen molar-refractivity contribution in [3.63, 3.8) is 0 Å². The molecule has 0 N–H and O–H groups in total. The second-order valence-electron chi connectivity index (χ2n) is 7.04. The SMILES string of the molecule is O=c1ccc(-c2ccncc2)nn1CC1CCCN1c1cncc(-n2cncn2)n1. The van der Waals surface area contributed by atoms with E-state index in [2.05, 4.69) is 35.0 Å². The van der Waals surface area contributed by atoms with Crippen LogP contribution in [0.4, 0.5) is 5.82 Å². The molecule has 1 atom stereocenters. The molecule has 5 heterocycles. The summed E-state index contributed by atoms with van der Waals surface area (Å²) in [6.07, 6.45) is 11.8. The molecule has 4 aromatic heterocycles. The first-order valence-electron chi connectivity index (χ1n) is 9.70. The Hall–Kier alpha value is -3.95. The van der Waals surface area contributed by atoms with Crippen LogP contribution in [0.3, 0.4) is 0 Å². The van der Waals surface area contributed by atoms with Crippen molar-refractivity contribution < 1.29 is 0 Å². The number of aromatic nitrogens is 8. The first-order valence-corrected chi connectivity index (χ1v) is 9.70. The smallest absolute Gasteiger partial charge is 0.266 e. The lowest BCUT2D eigenvalue weighted by molar-refractivity contribution is 0.488. The Morgan fingerprint density at radius 1 is 1.00 bits per heavy atom. The van der Waals surface area contributed by atoms with Gasteiger partial charge in [-0.25, -0.2) is 19.3 Å². The van der Waals surface area contributed by atoms with Gasteiger partial charge in [0.2, 0.25) is 0 Å². The van der Waals surface area contributed by atoms with E-state index < -0.39 is 0 Å². The second-order valence-corrected chi connectivity index (χ2v) is 7.04. The summed E-state index contributed by atoms with van der Waals surface area (Å²) >= 11 is 0. The van der Waals surface area contributed by atoms with Gasteiger partial charge in [0.1, 0.15) is 18.5 Å². The van der Waals surface area contributed by atoms with E-state index >= 15 is 0 Å². The second kappa shape index (κ2) is 7.82. The van der Waals surface area contributed by atoms with Crippen LogP contribution >= 0.6 is 0 Å². The third kappa shape index (κ3) is 3.54. The first-order chi connectivity index (χ1) is 14.8. The van der Waals surface area contributed by atoms with E-state index in [4.69, 9.17) is 0 Å². The number of hydrogen-bond acceptors (Lipinski definition) is 8. The van der Waals surface area contributed by atoms with Crippen LogP contribution in [0.1, 0.15) is 12.8 Å². The molecule has 0 bridgehead atoms. The number of nitrogens with zero attached hydrogens (tertiary/aromatic N) is 9. The summed E-state index contributed by atoms with van der Waals surface area (Å²) in [6.45, 7) is 1.33. The predicted molar refractivity (Wildman–Crippen MR) is 109 cm³/mol. The van der Waals surface area contributed by atoms with Crippen LogP contribution in [-0.2, 0) is 6.54 Å². The molecular weight excluding hydrogens is 382 g/mol. The van der Waals surface area contributed by atoms with Gasteiger partial charge < -0.3 is 4.90 Å². The summed E-state index contributed by atoms with van der Waals surface area (Å²) in [5.74, 6) is 1.36. The summed E-state index contributed by atoms with van der Waals surface area (Å²) in [7, 11) is 0. The summed E-state index contributed by atoms with van der Waals surface area (Å²) in [5.41, 5.74) is 1.55. The lowest BCUT2D eigenvalue weighted by atomic mass is 10.2. The van der Waals surface area contributed by atoms with Crippen LogP contribution in [0.15, 0.2) is 66.5 Å². The maximum Gasteiger partial charge on any atom is 0.266 e. The lowest BCUT2D eigenvalue weighted by Crippen LogP contribution is -2.37. The normalized spacial score (nSPS) is 16.1. The van der Waals surface area contributed by atoms with E-state index in [0.29, 0.717) is 12.4 Å². The van der Waals surface area contributed by atoms with Crippen molar-refractivity contribution in [2.45, 2.75) is 25.4 Å². The minimum Gasteiger partial charge on any atom is -0.350 e. The maximum absolute atomic E-state index is 12.5. The van der Waals surface area contributed by atoms with Crippen molar-refractivity contribution in [1.82, 2.24) is 39.5 Å². The fourth-order valence-corrected chi connectivity index (χ4v) is 3.70. The highest BCUT2D eigenvalue weighted by molar-refractivity contribution is 5.57. The van der Waals surface area contributed by atoms with Crippen LogP contribution in [-0.4, -0.2) is 52.1 Å². The van der Waals surface area contributed by atoms with Crippen LogP contribution in [0.25, 0.3) is 17.1 Å². The van der Waals surface area contributed by atoms with E-state index in [1.165, 1.54) is 11.0 Å². The molecule has 0 amide bonds. The molecule has 1 aliphatic rings. The zero-order valence-corrected chi connectivity index (χ0v) is 16.1. The molecular formula is C20H19N9O. The quantitative estimate of drug-likeness (QED) is 0.493. The highest BCUT2D eigenvalue weighted by atomic mass is 16.1. The standard InChI is InChI=1S/C20H19N9O/c30-20-4-3-17(15-5-7-21-8-6-15)26-28(20)12-16-2-1-9-27(16)18-10-22-11-19(25-18)29-14-23-13-24-29/h3-8,10-11,13-14,16H,1-2,9,12H2. The van der Waals surface area contributed by atoms with Gasteiger partial charge in [-0.15, -0.1) is 0 Å². The number of rotatable bonds is 5. The predicted octanol–water partition coefficient (Wildman–Crippen LogP) is 1.34. The van der Waals surface area contributed by atoms with Crippen molar-refractivity contribution in [2.75, 3.05) is 11.4 Å². The number of hydrogen-bond donors (Lipinski definition) is 0. The van der Waals surface area contributed by atoms with E-state index in [9.17, 15) is 4.79 Å². The molecule has 5 rings (SSSR count). The Labute approximate surface area is 171 Å². The van der Waals surface area contributed by atoms with Crippen LogP contribution in [0, 0.1) is 0 Å². The third-order valence-corrected chi connectivity index (χ3v) is 5.16. The van der Waals surface area contributed by atoms with Crippen molar-refractivity contribution in [3.05, 3.63) is 72.1 Å². The van der Waals surface area contributed by atoms with Gasteiger partial charge in [-0.3, -0.25) is 14.8 Å². The van der Waals surface area contributed by atoms with Gasteiger partial charge in [-0.05, 0) is 31.0 Å². The van der Waals surface area contributed by atoms with Gasteiger partial charge in [0.05, 0.1) is 30.7 Å². The highest BCUT2D eigenvalue weighted by Crippen LogP contribution is 2.25. The van der Waals surface area contributed by atoms with Gasteiger partial charge in [-0.2, -0.15) is 10.2 Å². The molecule has 0 aliphatic carbocycles. The minimum atomic E-state index is -0.123. The third-order valence-electron chi connectivity index (χ3n) is 5.16. The van der Waals surface area contributed by atoms with Crippen LogP contribution in [0.2, 0.25) is 0 Å². The molecule has 1 aliphatic heterocycles. The molecule has 1 fully saturated rings. The van der Waals surface area contributed by atoms with Crippen molar-refractivity contribution in [2.24, 2.45) is 0 Å². The van der Waals surface area contributed by atoms with Gasteiger partial charge in [0.25, 0.3) is 5.56 Å². The monoisotopic (exact) mass is 401 g/mol. The van der Waals surface area contributed by atoms with Gasteiger partial charge in [-0.1, -0.05) is 0 Å². The molecule has 10 heteroatoms. The number of anilines is 1. The molecule has 10 nitrogen and oxygen atoms in total. The van der Waals surface area contributed by atoms with Crippen molar-refractivity contribution in [3.8, 4) is 17.1 Å². The van der Waals surface area contributed by atoms with E-state index in [0.717, 1.165) is 36.5 Å². The summed E-state index contributed by atoms with van der Waals surface area (Å²) in [4.78, 5) is 31.6. The minimum absolute atomic E-state index is 0.100. The Balaban J connectivity index is 1.42. The molecule has 1 unspecified atom stereocenters. The van der Waals surface area contributed by atoms with E-state index in [1.807, 2.05) is 12.1 Å². The molecule has 30 heavy (non-hydrogen) atoms. The Bertz CT molecular complexity index is 1190. The molecule has 1 saturated heterocycles. The van der Waals surface area contributed by atoms with Crippen LogP contribution < -0.4 is 10.5 Å². The Morgan fingerprint density at radius 3 is 2.70 bits per heavy atom. The summed E-state index contributed by atoms with van der Waals surface area (Å²) in [6, 6.07) is 7.16. The zero-order valence-electron chi connectivity index (χ0n) is 16.1. The maximum atomic E-state index is 12.5. The fraction of sp³-hybridized carbons (Fsp3) is 0.250. The highest BCUT2D eigenvalue weighted by Gasteiger charge is 2.27. The molecule has 0 aromatic carbocycles. The number of pyridine rings is 1. The topological polar surface area (TPSA) is 108 Å². The van der Waals surface area contributed by atoms with E-state index in [1.54, 1.807) is 47.9 Å². The van der Waals surface area contributed by atoms with Crippen molar-refractivity contribution in [1.29, 1.82) is 0 Å². The lowest BCUT2D eigenvalue weighted by Gasteiger charge is -2.26. The largest absolute Gasteiger partial charge is 0.350 e. The Kier molecular flexibility index (Phi) is 4.72. The Morgan fingerprint density at radius 2 is 1.87 bits per heavy atom. The fourth-order valence-electron chi connectivity index (χ4n) is 3.70. The van der Waals surface area contributed by atoms with Gasteiger partial charge in [0, 0.05) is 30.6 Å². The summed E-state index contributed by atoms with van der Waals surface area (Å²) in [5, 5.41) is 8.70. The average molecular weight is 401 g/mol. The van der Waals surface area contributed by atoms with Gasteiger partial charge in [0.15, 0.2) is 5.82 Å². The van der Waals surface area contributed by atoms with E-state index in [-0.39, 0.29) is 11.6 Å². The van der Waals surface area contributed by atoms with Crippen molar-refractivity contribution >= 4 is 5.82 Å². The molecule has 0 radical (unpaired) electrons. The molecule has 150 valence electrons. The van der Waals surface area contributed by atoms with Gasteiger partial charge >= 0.3 is 0 Å². The molecule has 0 spiro atoms. The summed E-state index contributed by atoms with van der Waals surface area (Å²) < 4.78 is 3.11. The molecule has 0 saturated carbocycles. The van der Waals surface area contributed by atoms with Crippen LogP contribution in [0.5, 0.6) is 0 Å². The average Bonchev–Trinajstić information content (AvgIpc) is 3.48. The molecule has 4 aromatic rings. The zero-order chi connectivity index (χ0) is 20.3.